The van der Waals surface area contributed by atoms with Crippen LogP contribution in [0.25, 0.3) is 5.52 Å². The molecule has 9 heteroatoms. The van der Waals surface area contributed by atoms with E-state index in [1.54, 1.807) is 21.3 Å². The van der Waals surface area contributed by atoms with E-state index in [4.69, 9.17) is 14.2 Å². The van der Waals surface area contributed by atoms with Crippen LogP contribution in [0, 0.1) is 6.92 Å². The summed E-state index contributed by atoms with van der Waals surface area (Å²) in [5.74, 6) is 4.16. The number of anilines is 2. The second-order valence-electron chi connectivity index (χ2n) is 6.68. The molecule has 1 N–H and O–H groups in total. The van der Waals surface area contributed by atoms with Crippen LogP contribution in [-0.4, -0.2) is 54.5 Å². The number of aryl methyl sites for hydroxylation is 1. The van der Waals surface area contributed by atoms with Crippen molar-refractivity contribution >= 4 is 17.0 Å². The Morgan fingerprint density at radius 1 is 1.07 bits per heavy atom. The molecule has 0 aliphatic carbocycles. The lowest BCUT2D eigenvalue weighted by molar-refractivity contribution is 0.324. The van der Waals surface area contributed by atoms with Crippen molar-refractivity contribution in [3.05, 3.63) is 48.3 Å². The van der Waals surface area contributed by atoms with E-state index in [2.05, 4.69) is 25.2 Å². The van der Waals surface area contributed by atoms with Gasteiger partial charge in [-0.2, -0.15) is 5.10 Å². The lowest BCUT2D eigenvalue weighted by Crippen LogP contribution is -2.25. The third-order valence-corrected chi connectivity index (χ3v) is 4.78. The summed E-state index contributed by atoms with van der Waals surface area (Å²) in [4.78, 5) is 8.75. The zero-order valence-electron chi connectivity index (χ0n) is 17.1. The minimum absolute atomic E-state index is 0.570. The molecule has 29 heavy (non-hydrogen) atoms. The van der Waals surface area contributed by atoms with Crippen molar-refractivity contribution in [2.75, 3.05) is 45.3 Å². The highest BCUT2D eigenvalue weighted by Crippen LogP contribution is 2.41. The molecule has 0 radical (unpaired) electrons. The number of hydrogen-bond donors (Lipinski definition) is 1. The second kappa shape index (κ2) is 7.42. The Bertz CT molecular complexity index is 1050. The van der Waals surface area contributed by atoms with Gasteiger partial charge < -0.3 is 29.3 Å². The molecule has 4 rings (SSSR count). The van der Waals surface area contributed by atoms with Gasteiger partial charge in [-0.25, -0.2) is 9.50 Å². The lowest BCUT2D eigenvalue weighted by atomic mass is 10.2. The van der Waals surface area contributed by atoms with E-state index in [1.165, 1.54) is 0 Å². The fourth-order valence-corrected chi connectivity index (χ4v) is 3.37. The molecule has 3 heterocycles. The molecule has 1 aliphatic rings. The number of nitrogens with one attached hydrogen (secondary N) is 1. The summed E-state index contributed by atoms with van der Waals surface area (Å²) >= 11 is 0. The van der Waals surface area contributed by atoms with Crippen LogP contribution in [0.4, 0.5) is 11.5 Å². The van der Waals surface area contributed by atoms with Gasteiger partial charge in [0.2, 0.25) is 5.75 Å². The second-order valence-corrected chi connectivity index (χ2v) is 6.68. The maximum absolute atomic E-state index is 5.48. The lowest BCUT2D eigenvalue weighted by Gasteiger charge is -2.21. The first kappa shape index (κ1) is 18.7. The predicted octanol–water partition coefficient (Wildman–Crippen LogP) is 2.68. The smallest absolute Gasteiger partial charge is 0.203 e. The number of ether oxygens (including phenoxy) is 3. The van der Waals surface area contributed by atoms with Crippen molar-refractivity contribution in [1.29, 1.82) is 0 Å². The fraction of sp³-hybridized carbons (Fsp3) is 0.300. The molecule has 0 spiro atoms. The predicted molar refractivity (Wildman–Crippen MR) is 111 cm³/mol. The van der Waals surface area contributed by atoms with Crippen LogP contribution < -0.4 is 24.4 Å². The summed E-state index contributed by atoms with van der Waals surface area (Å²) in [5.41, 5.74) is 1.84. The Morgan fingerprint density at radius 2 is 1.79 bits per heavy atom. The van der Waals surface area contributed by atoms with Crippen molar-refractivity contribution < 1.29 is 14.2 Å². The normalized spacial score (nSPS) is 13.6. The van der Waals surface area contributed by atoms with E-state index in [-0.39, 0.29) is 0 Å². The number of hydrogen-bond acceptors (Lipinski definition) is 8. The number of benzene rings is 1. The Kier molecular flexibility index (Phi) is 4.79. The highest BCUT2D eigenvalue weighted by molar-refractivity contribution is 5.70. The van der Waals surface area contributed by atoms with Crippen LogP contribution in [0.3, 0.4) is 0 Å². The Hall–Kier alpha value is -3.62. The van der Waals surface area contributed by atoms with Crippen molar-refractivity contribution in [2.45, 2.75) is 6.92 Å². The van der Waals surface area contributed by atoms with Crippen LogP contribution in [-0.2, 0) is 0 Å². The van der Waals surface area contributed by atoms with E-state index in [9.17, 15) is 0 Å². The molecule has 3 aromatic rings. The van der Waals surface area contributed by atoms with Crippen molar-refractivity contribution in [2.24, 2.45) is 0 Å². The molecule has 9 nitrogen and oxygen atoms in total. The Balaban J connectivity index is 1.67. The third kappa shape index (κ3) is 3.35. The van der Waals surface area contributed by atoms with E-state index in [0.717, 1.165) is 22.8 Å². The van der Waals surface area contributed by atoms with Gasteiger partial charge in [0, 0.05) is 37.3 Å². The third-order valence-electron chi connectivity index (χ3n) is 4.78. The van der Waals surface area contributed by atoms with Crippen molar-refractivity contribution in [3.8, 4) is 17.2 Å². The highest BCUT2D eigenvalue weighted by atomic mass is 16.5. The number of nitrogens with zero attached hydrogens (tertiary/aromatic N) is 5. The molecule has 0 amide bonds. The van der Waals surface area contributed by atoms with Crippen LogP contribution in [0.2, 0.25) is 0 Å². The molecule has 1 aromatic carbocycles. The maximum atomic E-state index is 5.48. The van der Waals surface area contributed by atoms with Gasteiger partial charge in [-0.05, 0) is 19.1 Å². The summed E-state index contributed by atoms with van der Waals surface area (Å²) in [6, 6.07) is 7.78. The minimum Gasteiger partial charge on any atom is -0.493 e. The highest BCUT2D eigenvalue weighted by Gasteiger charge is 2.23. The summed E-state index contributed by atoms with van der Waals surface area (Å²) in [6.45, 7) is 2.53. The van der Waals surface area contributed by atoms with E-state index >= 15 is 0 Å². The first-order chi connectivity index (χ1) is 14.0. The largest absolute Gasteiger partial charge is 0.493 e. The standard InChI is InChI=1S/C20H24N6O3/c1-13-21-20(15-7-6-8-26(15)23-13)22-18-11-25(12-24(18)2)14-9-16(27-3)19(29-5)17(10-14)28-4/h6-11H,12H2,1-5H3,(H,21,22,23). The zero-order chi connectivity index (χ0) is 20.5. The molecule has 0 bridgehead atoms. The maximum Gasteiger partial charge on any atom is 0.203 e. The average molecular weight is 396 g/mol. The first-order valence-electron chi connectivity index (χ1n) is 9.12. The topological polar surface area (TPSA) is 76.4 Å². The summed E-state index contributed by atoms with van der Waals surface area (Å²) < 4.78 is 18.2. The van der Waals surface area contributed by atoms with Gasteiger partial charge in [0.05, 0.1) is 28.0 Å². The Labute approximate surface area is 169 Å². The van der Waals surface area contributed by atoms with Gasteiger partial charge in [0.1, 0.15) is 17.2 Å². The van der Waals surface area contributed by atoms with Gasteiger partial charge in [-0.1, -0.05) is 0 Å². The van der Waals surface area contributed by atoms with Gasteiger partial charge >= 0.3 is 0 Å². The van der Waals surface area contributed by atoms with Gasteiger partial charge in [-0.15, -0.1) is 0 Å². The Morgan fingerprint density at radius 3 is 2.45 bits per heavy atom. The number of fused-ring (bicyclic) bond motifs is 1. The van der Waals surface area contributed by atoms with Crippen LogP contribution in [0.15, 0.2) is 42.5 Å². The van der Waals surface area contributed by atoms with Crippen LogP contribution in [0.5, 0.6) is 17.2 Å². The average Bonchev–Trinajstić information content (AvgIpc) is 3.33. The molecule has 2 aromatic heterocycles. The number of methoxy groups -OCH3 is 3. The van der Waals surface area contributed by atoms with Crippen molar-refractivity contribution in [3.63, 3.8) is 0 Å². The van der Waals surface area contributed by atoms with Crippen LogP contribution in [0.1, 0.15) is 5.82 Å². The zero-order valence-corrected chi connectivity index (χ0v) is 17.1. The fourth-order valence-electron chi connectivity index (χ4n) is 3.37. The molecule has 0 saturated carbocycles. The van der Waals surface area contributed by atoms with E-state index < -0.39 is 0 Å². The summed E-state index contributed by atoms with van der Waals surface area (Å²) in [6.07, 6.45) is 3.93. The number of aromatic nitrogens is 3. The molecule has 1 aliphatic heterocycles. The molecular weight excluding hydrogens is 372 g/mol. The minimum atomic E-state index is 0.570. The SMILES string of the molecule is COc1cc(N2C=C(Nc3nc(C)nn4cccc34)N(C)C2)cc(OC)c1OC. The molecule has 0 fully saturated rings. The molecular formula is C20H24N6O3. The van der Waals surface area contributed by atoms with Gasteiger partial charge in [-0.3, -0.25) is 0 Å². The van der Waals surface area contributed by atoms with Crippen LogP contribution >= 0.6 is 0 Å². The van der Waals surface area contributed by atoms with Crippen molar-refractivity contribution in [1.82, 2.24) is 19.5 Å². The first-order valence-corrected chi connectivity index (χ1v) is 9.12. The van der Waals surface area contributed by atoms with E-state index in [0.29, 0.717) is 29.7 Å². The van der Waals surface area contributed by atoms with Gasteiger partial charge in [0.15, 0.2) is 17.3 Å². The molecule has 0 atom stereocenters. The summed E-state index contributed by atoms with van der Waals surface area (Å²) in [7, 11) is 6.83. The van der Waals surface area contributed by atoms with Gasteiger partial charge in [0.25, 0.3) is 0 Å². The quantitative estimate of drug-likeness (QED) is 0.682. The molecule has 0 saturated heterocycles. The number of rotatable bonds is 6. The monoisotopic (exact) mass is 396 g/mol. The molecule has 152 valence electrons. The molecule has 0 unspecified atom stereocenters. The van der Waals surface area contributed by atoms with E-state index in [1.807, 2.05) is 55.1 Å². The summed E-state index contributed by atoms with van der Waals surface area (Å²) in [5, 5.41) is 7.82.